The quantitative estimate of drug-likeness (QED) is 0.181. The molecule has 2 aliphatic rings. The molecule has 242 valence electrons. The van der Waals surface area contributed by atoms with Crippen LogP contribution in [-0.2, 0) is 14.6 Å². The minimum absolute atomic E-state index is 0.0589. The van der Waals surface area contributed by atoms with Crippen molar-refractivity contribution in [2.45, 2.75) is 44.1 Å². The topological polar surface area (TPSA) is 116 Å². The second-order valence-corrected chi connectivity index (χ2v) is 16.4. The second-order valence-electron chi connectivity index (χ2n) is 11.9. The van der Waals surface area contributed by atoms with E-state index >= 15 is 4.79 Å². The number of amides is 2. The first-order chi connectivity index (χ1) is 21.4. The van der Waals surface area contributed by atoms with Gasteiger partial charge in [0.25, 0.3) is 5.91 Å². The van der Waals surface area contributed by atoms with Crippen LogP contribution in [0.5, 0.6) is 5.75 Å². The third-order valence-corrected chi connectivity index (χ3v) is 12.0. The maximum atomic E-state index is 15.3. The number of piperidine rings is 2. The largest absolute Gasteiger partial charge is 0.491 e. The Morgan fingerprint density at radius 1 is 1.00 bits per heavy atom. The van der Waals surface area contributed by atoms with Crippen molar-refractivity contribution < 1.29 is 27.2 Å². The smallest absolute Gasteiger partial charge is 0.360 e. The van der Waals surface area contributed by atoms with E-state index in [1.807, 2.05) is 12.1 Å². The van der Waals surface area contributed by atoms with Gasteiger partial charge in [-0.2, -0.15) is 0 Å². The molecule has 3 heterocycles. The maximum Gasteiger partial charge on any atom is 0.360 e. The lowest BCUT2D eigenvalue weighted by Gasteiger charge is -2.52. The van der Waals surface area contributed by atoms with Crippen molar-refractivity contribution in [3.63, 3.8) is 0 Å². The summed E-state index contributed by atoms with van der Waals surface area (Å²) in [7, 11) is -3.23. The Morgan fingerprint density at radius 2 is 1.64 bits per heavy atom. The van der Waals surface area contributed by atoms with E-state index in [2.05, 4.69) is 5.32 Å². The van der Waals surface area contributed by atoms with E-state index in [9.17, 15) is 13.2 Å². The zero-order valence-corrected chi connectivity index (χ0v) is 28.9. The van der Waals surface area contributed by atoms with Crippen molar-refractivity contribution in [3.8, 4) is 27.3 Å². The highest BCUT2D eigenvalue weighted by molar-refractivity contribution is 7.90. The number of primary amides is 1. The van der Waals surface area contributed by atoms with Crippen LogP contribution in [-0.4, -0.2) is 75.0 Å². The Balaban J connectivity index is 1.75. The molecular weight excluding hydrogens is 677 g/mol. The van der Waals surface area contributed by atoms with Crippen molar-refractivity contribution in [1.82, 2.24) is 5.32 Å². The van der Waals surface area contributed by atoms with E-state index in [0.29, 0.717) is 80.7 Å². The number of thiophene rings is 1. The fourth-order valence-corrected chi connectivity index (χ4v) is 9.38. The molecule has 2 aliphatic heterocycles. The van der Waals surface area contributed by atoms with Crippen LogP contribution < -0.4 is 15.8 Å². The lowest BCUT2D eigenvalue weighted by Crippen LogP contribution is -2.75. The third kappa shape index (κ3) is 6.93. The Morgan fingerprint density at radius 3 is 2.24 bits per heavy atom. The van der Waals surface area contributed by atoms with Crippen molar-refractivity contribution in [1.29, 1.82) is 0 Å². The van der Waals surface area contributed by atoms with Gasteiger partial charge >= 0.3 is 5.91 Å². The Kier molecular flexibility index (Phi) is 10.5. The minimum Gasteiger partial charge on any atom is -0.491 e. The van der Waals surface area contributed by atoms with Crippen LogP contribution in [0.15, 0.2) is 42.5 Å². The fraction of sp³-hybridized carbons (Fsp3) is 0.438. The monoisotopic (exact) mass is 712 g/mol. The molecule has 0 bridgehead atoms. The predicted molar refractivity (Wildman–Crippen MR) is 182 cm³/mol. The first-order valence-corrected chi connectivity index (χ1v) is 19.0. The lowest BCUT2D eigenvalue weighted by atomic mass is 9.80. The van der Waals surface area contributed by atoms with E-state index in [0.717, 1.165) is 24.8 Å². The van der Waals surface area contributed by atoms with Crippen LogP contribution in [0.25, 0.3) is 21.6 Å². The molecule has 0 atom stereocenters. The number of nitrogens with one attached hydrogen (secondary N) is 1. The summed E-state index contributed by atoms with van der Waals surface area (Å²) in [6.45, 7) is 2.19. The zero-order valence-electron chi connectivity index (χ0n) is 25.0. The van der Waals surface area contributed by atoms with Crippen LogP contribution in [0, 0.1) is 0 Å². The molecule has 3 aromatic rings. The van der Waals surface area contributed by atoms with Gasteiger partial charge in [0.05, 0.1) is 30.5 Å². The van der Waals surface area contributed by atoms with Gasteiger partial charge in [0, 0.05) is 58.2 Å². The molecule has 2 saturated heterocycles. The first-order valence-electron chi connectivity index (χ1n) is 15.0. The molecule has 0 spiro atoms. The number of carbonyl (C=O) groups excluding carboxylic acids is 2. The van der Waals surface area contributed by atoms with E-state index in [1.165, 1.54) is 17.6 Å². The molecule has 2 amide bonds. The number of sulfone groups is 1. The molecule has 0 saturated carbocycles. The number of nitrogens with zero attached hydrogens (tertiary/aromatic N) is 1. The molecule has 1 aromatic heterocycles. The number of quaternary nitrogens is 1. The normalized spacial score (nSPS) is 18.0. The van der Waals surface area contributed by atoms with Crippen molar-refractivity contribution in [2.24, 2.45) is 5.73 Å². The summed E-state index contributed by atoms with van der Waals surface area (Å²) in [5.41, 5.74) is 7.18. The Labute approximate surface area is 283 Å². The number of halogens is 3. The average Bonchev–Trinajstić information content (AvgIpc) is 3.38. The molecule has 3 N–H and O–H groups in total. The number of rotatable bonds is 10. The van der Waals surface area contributed by atoms with Crippen molar-refractivity contribution in [3.05, 3.63) is 62.4 Å². The number of carbonyl (C=O) groups is 2. The molecule has 0 unspecified atom stereocenters. The molecule has 2 aromatic carbocycles. The zero-order chi connectivity index (χ0) is 32.4. The summed E-state index contributed by atoms with van der Waals surface area (Å²) in [5, 5.41) is 4.73. The standard InChI is InChI=1S/C32H36Cl3N3O5S2/c1-45(41,42)19-5-18-43-27-26(21-6-8-22(33)9-7-21)28(24-11-10-23(34)20-25(24)35)44-29(27)30(39)38(16-3-2-4-17-38)32(31(36)40)12-14-37-15-13-32/h6-11,20,37H,2-5,12-19H2,1H3,(H-,36,40)/p+1. The van der Waals surface area contributed by atoms with Gasteiger partial charge in [0.1, 0.15) is 9.84 Å². The van der Waals surface area contributed by atoms with Gasteiger partial charge in [-0.3, -0.25) is 4.79 Å². The van der Waals surface area contributed by atoms with Gasteiger partial charge in [-0.25, -0.2) is 17.7 Å². The number of hydrogen-bond donors (Lipinski definition) is 2. The van der Waals surface area contributed by atoms with Gasteiger partial charge in [-0.1, -0.05) is 53.0 Å². The van der Waals surface area contributed by atoms with Gasteiger partial charge in [0.15, 0.2) is 16.2 Å². The van der Waals surface area contributed by atoms with Crippen molar-refractivity contribution in [2.75, 3.05) is 44.8 Å². The highest BCUT2D eigenvalue weighted by Gasteiger charge is 2.61. The summed E-state index contributed by atoms with van der Waals surface area (Å²) in [4.78, 5) is 29.7. The van der Waals surface area contributed by atoms with Gasteiger partial charge in [0.2, 0.25) is 0 Å². The SMILES string of the molecule is CS(=O)(=O)CCCOc1c(C(=O)[N+]2(C3(C(N)=O)CCNCC3)CCCCC2)sc(-c2ccc(Cl)cc2Cl)c1-c1ccc(Cl)cc1. The third-order valence-electron chi connectivity index (χ3n) is 8.95. The van der Waals surface area contributed by atoms with E-state index in [1.54, 1.807) is 30.3 Å². The van der Waals surface area contributed by atoms with Gasteiger partial charge in [-0.05, 0) is 55.5 Å². The summed E-state index contributed by atoms with van der Waals surface area (Å²) >= 11 is 20.6. The molecule has 13 heteroatoms. The molecule has 45 heavy (non-hydrogen) atoms. The maximum absolute atomic E-state index is 15.3. The van der Waals surface area contributed by atoms with Crippen LogP contribution in [0.4, 0.5) is 0 Å². The molecule has 0 aliphatic carbocycles. The predicted octanol–water partition coefficient (Wildman–Crippen LogP) is 6.60. The second kappa shape index (κ2) is 13.9. The summed E-state index contributed by atoms with van der Waals surface area (Å²) in [6.07, 6.45) is 4.83. The van der Waals surface area contributed by atoms with Crippen LogP contribution >= 0.6 is 46.1 Å². The van der Waals surface area contributed by atoms with Crippen LogP contribution in [0.2, 0.25) is 15.1 Å². The van der Waals surface area contributed by atoms with Crippen molar-refractivity contribution >= 4 is 67.8 Å². The van der Waals surface area contributed by atoms with Crippen LogP contribution in [0.3, 0.4) is 0 Å². The number of ether oxygens (including phenoxy) is 1. The summed E-state index contributed by atoms with van der Waals surface area (Å²) in [6, 6.07) is 12.4. The van der Waals surface area contributed by atoms with E-state index < -0.39 is 21.3 Å². The summed E-state index contributed by atoms with van der Waals surface area (Å²) < 4.78 is 30.2. The summed E-state index contributed by atoms with van der Waals surface area (Å²) in [5.74, 6) is -0.418. The minimum atomic E-state index is -3.23. The first kappa shape index (κ1) is 34.2. The van der Waals surface area contributed by atoms with E-state index in [-0.39, 0.29) is 29.2 Å². The number of likely N-dealkylation sites (tertiary alicyclic amines) is 1. The molecule has 5 rings (SSSR count). The number of benzene rings is 2. The number of nitrogens with two attached hydrogens (primary N) is 1. The Hall–Kier alpha value is -2.18. The fourth-order valence-electron chi connectivity index (χ4n) is 6.73. The highest BCUT2D eigenvalue weighted by atomic mass is 35.5. The Bertz CT molecular complexity index is 1680. The van der Waals surface area contributed by atoms with Gasteiger partial charge < -0.3 is 15.8 Å². The number of hydrogen-bond acceptors (Lipinski definition) is 7. The molecular formula is C32H37Cl3N3O5S2+. The molecule has 8 nitrogen and oxygen atoms in total. The molecule has 2 fully saturated rings. The highest BCUT2D eigenvalue weighted by Crippen LogP contribution is 2.52. The lowest BCUT2D eigenvalue weighted by molar-refractivity contribution is -0.897. The average molecular weight is 714 g/mol. The van der Waals surface area contributed by atoms with E-state index in [4.69, 9.17) is 45.3 Å². The van der Waals surface area contributed by atoms with Crippen LogP contribution in [0.1, 0.15) is 48.2 Å². The van der Waals surface area contributed by atoms with Gasteiger partial charge in [-0.15, -0.1) is 11.3 Å². The molecule has 0 radical (unpaired) electrons.